The molecule has 1 aliphatic carbocycles. The highest BCUT2D eigenvalue weighted by atomic mass is 16.5. The number of rotatable bonds is 7. The van der Waals surface area contributed by atoms with E-state index in [2.05, 4.69) is 6.92 Å². The largest absolute Gasteiger partial charge is 0.507 e. The summed E-state index contributed by atoms with van der Waals surface area (Å²) in [6.45, 7) is 14.4. The predicted molar refractivity (Wildman–Crippen MR) is 154 cm³/mol. The molecule has 2 atom stereocenters. The zero-order valence-corrected chi connectivity index (χ0v) is 24.2. The fourth-order valence-corrected chi connectivity index (χ4v) is 5.34. The number of hydrogen-bond acceptors (Lipinski definition) is 5. The number of benzene rings is 2. The van der Waals surface area contributed by atoms with Crippen LogP contribution in [0.2, 0.25) is 0 Å². The van der Waals surface area contributed by atoms with Gasteiger partial charge in [0.25, 0.3) is 0 Å². The number of carbonyl (C=O) groups is 2. The molecule has 0 radical (unpaired) electrons. The fourth-order valence-electron chi connectivity index (χ4n) is 5.34. The van der Waals surface area contributed by atoms with E-state index in [1.54, 1.807) is 12.1 Å². The highest BCUT2D eigenvalue weighted by molar-refractivity contribution is 6.09. The Labute approximate surface area is 227 Å². The highest BCUT2D eigenvalue weighted by Gasteiger charge is 2.36. The minimum Gasteiger partial charge on any atom is -0.507 e. The van der Waals surface area contributed by atoms with Crippen LogP contribution in [0.3, 0.4) is 0 Å². The Kier molecular flexibility index (Phi) is 8.70. The molecule has 0 saturated heterocycles. The highest BCUT2D eigenvalue weighted by Crippen LogP contribution is 2.42. The van der Waals surface area contributed by atoms with Crippen LogP contribution >= 0.6 is 0 Å². The van der Waals surface area contributed by atoms with Gasteiger partial charge in [-0.25, -0.2) is 4.79 Å². The molecule has 204 valence electrons. The van der Waals surface area contributed by atoms with E-state index in [0.717, 1.165) is 41.5 Å². The first-order valence-electron chi connectivity index (χ1n) is 13.6. The molecule has 2 N–H and O–H groups in total. The molecule has 5 heteroatoms. The first-order chi connectivity index (χ1) is 17.7. The third kappa shape index (κ3) is 6.43. The molecular formula is C33H43NO4. The summed E-state index contributed by atoms with van der Waals surface area (Å²) < 4.78 is 4.79. The number of methoxy groups -OCH3 is 1. The molecule has 1 aliphatic rings. The molecule has 38 heavy (non-hydrogen) atoms. The van der Waals surface area contributed by atoms with Crippen LogP contribution in [0.25, 0.3) is 6.08 Å². The molecule has 0 aliphatic heterocycles. The summed E-state index contributed by atoms with van der Waals surface area (Å²) in [6, 6.07) is 10.9. The van der Waals surface area contributed by atoms with Crippen LogP contribution in [-0.2, 0) is 15.6 Å². The number of esters is 1. The van der Waals surface area contributed by atoms with E-state index < -0.39 is 0 Å². The van der Waals surface area contributed by atoms with E-state index >= 15 is 0 Å². The molecule has 1 saturated carbocycles. The molecule has 0 heterocycles. The lowest BCUT2D eigenvalue weighted by Gasteiger charge is -2.28. The van der Waals surface area contributed by atoms with Gasteiger partial charge in [0, 0.05) is 34.7 Å². The smallest absolute Gasteiger partial charge is 0.337 e. The average molecular weight is 518 g/mol. The maximum absolute atomic E-state index is 13.6. The van der Waals surface area contributed by atoms with Gasteiger partial charge in [-0.2, -0.15) is 0 Å². The maximum Gasteiger partial charge on any atom is 0.337 e. The van der Waals surface area contributed by atoms with Crippen LogP contribution in [0.5, 0.6) is 5.75 Å². The monoisotopic (exact) mass is 517 g/mol. The van der Waals surface area contributed by atoms with Crippen LogP contribution < -0.4 is 0 Å². The quantitative estimate of drug-likeness (QED) is 0.289. The zero-order chi connectivity index (χ0) is 28.4. The Morgan fingerprint density at radius 3 is 2.00 bits per heavy atom. The van der Waals surface area contributed by atoms with Crippen LogP contribution in [-0.4, -0.2) is 29.7 Å². The number of hydrogen-bond donors (Lipinski definition) is 2. The van der Waals surface area contributed by atoms with E-state index in [1.807, 2.05) is 71.9 Å². The molecular weight excluding hydrogens is 474 g/mol. The molecule has 0 spiro atoms. The van der Waals surface area contributed by atoms with Crippen molar-refractivity contribution in [3.8, 4) is 5.75 Å². The van der Waals surface area contributed by atoms with E-state index in [0.29, 0.717) is 16.8 Å². The summed E-state index contributed by atoms with van der Waals surface area (Å²) in [6.07, 6.45) is 5.04. The third-order valence-electron chi connectivity index (χ3n) is 7.50. The SMILES string of the molecule is CCCC1CC(CC(=O)c2cc(C(C)(C)C)c(O)c(C(C)(C)C)c2)C(=N)C1=Cc1ccc(C(=O)OC)cc1. The molecule has 3 rings (SSSR count). The third-order valence-corrected chi connectivity index (χ3v) is 7.50. The zero-order valence-electron chi connectivity index (χ0n) is 24.2. The second-order valence-electron chi connectivity index (χ2n) is 12.6. The Balaban J connectivity index is 1.91. The van der Waals surface area contributed by atoms with Gasteiger partial charge in [0.05, 0.1) is 12.7 Å². The molecule has 0 aromatic heterocycles. The topological polar surface area (TPSA) is 87.5 Å². The van der Waals surface area contributed by atoms with Crippen molar-refractivity contribution in [1.29, 1.82) is 5.41 Å². The van der Waals surface area contributed by atoms with Crippen LogP contribution in [0.15, 0.2) is 42.0 Å². The molecule has 2 unspecified atom stereocenters. The summed E-state index contributed by atoms with van der Waals surface area (Å²) >= 11 is 0. The van der Waals surface area contributed by atoms with Crippen LogP contribution in [0.4, 0.5) is 0 Å². The first kappa shape index (κ1) is 29.3. The molecule has 0 amide bonds. The lowest BCUT2D eigenvalue weighted by molar-refractivity contribution is 0.0600. The van der Waals surface area contributed by atoms with Gasteiger partial charge in [-0.1, -0.05) is 67.0 Å². The first-order valence-corrected chi connectivity index (χ1v) is 13.6. The van der Waals surface area contributed by atoms with Gasteiger partial charge in [0.2, 0.25) is 0 Å². The number of allylic oxidation sites excluding steroid dienone is 1. The minimum atomic E-state index is -0.376. The normalized spacial score (nSPS) is 19.2. The van der Waals surface area contributed by atoms with E-state index in [9.17, 15) is 14.7 Å². The van der Waals surface area contributed by atoms with E-state index in [1.165, 1.54) is 7.11 Å². The predicted octanol–water partition coefficient (Wildman–Crippen LogP) is 7.89. The van der Waals surface area contributed by atoms with Crippen molar-refractivity contribution in [3.05, 3.63) is 69.8 Å². The van der Waals surface area contributed by atoms with Crippen molar-refractivity contribution in [2.45, 2.75) is 85.0 Å². The van der Waals surface area contributed by atoms with Crippen LogP contribution in [0, 0.1) is 17.2 Å². The van der Waals surface area contributed by atoms with Gasteiger partial charge in [-0.3, -0.25) is 4.79 Å². The van der Waals surface area contributed by atoms with Gasteiger partial charge < -0.3 is 15.3 Å². The summed E-state index contributed by atoms with van der Waals surface area (Å²) in [7, 11) is 1.36. The second kappa shape index (κ2) is 11.3. The van der Waals surface area contributed by atoms with Crippen molar-refractivity contribution in [1.82, 2.24) is 0 Å². The number of carbonyl (C=O) groups excluding carboxylic acids is 2. The number of Topliss-reactive ketones (excluding diaryl/α,β-unsaturated/α-hetero) is 1. The number of ether oxygens (including phenoxy) is 1. The molecule has 1 fully saturated rings. The molecule has 2 aromatic rings. The van der Waals surface area contributed by atoms with Gasteiger partial charge >= 0.3 is 5.97 Å². The van der Waals surface area contributed by atoms with Crippen molar-refractivity contribution in [3.63, 3.8) is 0 Å². The van der Waals surface area contributed by atoms with Gasteiger partial charge in [-0.05, 0) is 71.1 Å². The molecule has 0 bridgehead atoms. The average Bonchev–Trinajstić information content (AvgIpc) is 3.11. The van der Waals surface area contributed by atoms with Crippen molar-refractivity contribution >= 4 is 23.5 Å². The Bertz CT molecular complexity index is 1200. The number of aromatic hydroxyl groups is 1. The van der Waals surface area contributed by atoms with E-state index in [4.69, 9.17) is 10.1 Å². The van der Waals surface area contributed by atoms with Gasteiger partial charge in [0.1, 0.15) is 5.75 Å². The van der Waals surface area contributed by atoms with Crippen molar-refractivity contribution in [2.75, 3.05) is 7.11 Å². The summed E-state index contributed by atoms with van der Waals surface area (Å²) in [5, 5.41) is 20.0. The summed E-state index contributed by atoms with van der Waals surface area (Å²) in [5.74, 6) is -0.0275. The Morgan fingerprint density at radius 1 is 0.974 bits per heavy atom. The second-order valence-corrected chi connectivity index (χ2v) is 12.6. The standard InChI is InChI=1S/C33H43NO4/c1-9-10-22-16-24(29(34)25(22)15-20-11-13-21(14-12-20)31(37)38-8)19-28(35)23-17-26(32(2,3)4)30(36)27(18-23)33(5,6)7/h11-15,17-18,22,24,34,36H,9-10,16,19H2,1-8H3. The van der Waals surface area contributed by atoms with E-state index in [-0.39, 0.29) is 46.6 Å². The van der Waals surface area contributed by atoms with Crippen LogP contribution in [0.1, 0.15) is 112 Å². The van der Waals surface area contributed by atoms with Crippen molar-refractivity contribution in [2.24, 2.45) is 11.8 Å². The Morgan fingerprint density at radius 2 is 1.53 bits per heavy atom. The maximum atomic E-state index is 13.6. The lowest BCUT2D eigenvalue weighted by atomic mass is 9.77. The van der Waals surface area contributed by atoms with Crippen molar-refractivity contribution < 1.29 is 19.4 Å². The number of phenolic OH excluding ortho intramolecular Hbond substituents is 1. The minimum absolute atomic E-state index is 0.00896. The number of phenols is 1. The van der Waals surface area contributed by atoms with Gasteiger partial charge in [-0.15, -0.1) is 0 Å². The number of nitrogens with one attached hydrogen (secondary N) is 1. The summed E-state index contributed by atoms with van der Waals surface area (Å²) in [5.41, 5.74) is 4.44. The summed E-state index contributed by atoms with van der Waals surface area (Å²) in [4.78, 5) is 25.4. The molecule has 2 aromatic carbocycles. The number of ketones is 1. The molecule has 5 nitrogen and oxygen atoms in total. The lowest BCUT2D eigenvalue weighted by Crippen LogP contribution is -2.20. The fraction of sp³-hybridized carbons (Fsp3) is 0.485. The Hall–Kier alpha value is -3.21. The van der Waals surface area contributed by atoms with Gasteiger partial charge in [0.15, 0.2) is 5.78 Å².